The van der Waals surface area contributed by atoms with E-state index in [1.54, 1.807) is 0 Å². The second kappa shape index (κ2) is 9.47. The number of nitrogens with one attached hydrogen (secondary N) is 1. The van der Waals surface area contributed by atoms with Crippen LogP contribution in [0.5, 0.6) is 5.75 Å². The Bertz CT molecular complexity index is 969. The van der Waals surface area contributed by atoms with Crippen molar-refractivity contribution in [2.45, 2.75) is 39.2 Å². The van der Waals surface area contributed by atoms with Crippen LogP contribution in [0.1, 0.15) is 33.3 Å². The normalized spacial score (nSPS) is 12.9. The van der Waals surface area contributed by atoms with Crippen LogP contribution in [0.25, 0.3) is 0 Å². The van der Waals surface area contributed by atoms with Crippen LogP contribution >= 0.6 is 0 Å². The highest BCUT2D eigenvalue weighted by Gasteiger charge is 2.29. The van der Waals surface area contributed by atoms with E-state index in [1.807, 2.05) is 24.3 Å². The smallest absolute Gasteiger partial charge is 0.243 e. The van der Waals surface area contributed by atoms with Crippen molar-refractivity contribution in [3.05, 3.63) is 59.9 Å². The number of rotatable bonds is 8. The SMILES string of the molecule is CC(C(=O)NCCOc1ccccc1C(C)(C)C)N(c1ccc(F)cc1)S(C)(=O)=O. The minimum atomic E-state index is -3.75. The highest BCUT2D eigenvalue weighted by Crippen LogP contribution is 2.30. The van der Waals surface area contributed by atoms with Crippen LogP contribution in [-0.4, -0.2) is 39.8 Å². The Balaban J connectivity index is 2.01. The van der Waals surface area contributed by atoms with Crippen molar-refractivity contribution in [2.75, 3.05) is 23.7 Å². The molecule has 1 unspecified atom stereocenters. The van der Waals surface area contributed by atoms with E-state index < -0.39 is 27.8 Å². The standard InChI is InChI=1S/C22H29FN2O4S/c1-16(25(30(5,27)28)18-12-10-17(23)11-13-18)21(26)24-14-15-29-20-9-7-6-8-19(20)22(2,3)4/h6-13,16H,14-15H2,1-5H3,(H,24,26). The number of amides is 1. The first-order valence-corrected chi connectivity index (χ1v) is 11.5. The van der Waals surface area contributed by atoms with E-state index in [-0.39, 0.29) is 24.3 Å². The van der Waals surface area contributed by atoms with Gasteiger partial charge in [-0.25, -0.2) is 12.8 Å². The highest BCUT2D eigenvalue weighted by atomic mass is 32.2. The molecule has 2 aromatic carbocycles. The van der Waals surface area contributed by atoms with Gasteiger partial charge in [0.05, 0.1) is 18.5 Å². The van der Waals surface area contributed by atoms with Crippen molar-refractivity contribution < 1.29 is 22.3 Å². The summed E-state index contributed by atoms with van der Waals surface area (Å²) in [5, 5.41) is 2.70. The van der Waals surface area contributed by atoms with E-state index in [9.17, 15) is 17.6 Å². The van der Waals surface area contributed by atoms with E-state index in [1.165, 1.54) is 19.1 Å². The number of carbonyl (C=O) groups excluding carboxylic acids is 1. The van der Waals surface area contributed by atoms with Gasteiger partial charge in [0.1, 0.15) is 24.2 Å². The maximum absolute atomic E-state index is 13.2. The Morgan fingerprint density at radius 3 is 2.30 bits per heavy atom. The molecule has 1 N–H and O–H groups in total. The van der Waals surface area contributed by atoms with E-state index in [2.05, 4.69) is 26.1 Å². The molecule has 0 saturated carbocycles. The van der Waals surface area contributed by atoms with Crippen LogP contribution in [0.4, 0.5) is 10.1 Å². The highest BCUT2D eigenvalue weighted by molar-refractivity contribution is 7.92. The molecule has 2 aromatic rings. The summed E-state index contributed by atoms with van der Waals surface area (Å²) in [5.41, 5.74) is 1.20. The molecule has 0 fully saturated rings. The zero-order chi connectivity index (χ0) is 22.5. The van der Waals surface area contributed by atoms with Crippen LogP contribution in [0.3, 0.4) is 0 Å². The number of ether oxygens (including phenoxy) is 1. The minimum absolute atomic E-state index is 0.0838. The monoisotopic (exact) mass is 436 g/mol. The second-order valence-corrected chi connectivity index (χ2v) is 9.96. The lowest BCUT2D eigenvalue weighted by molar-refractivity contribution is -0.121. The first-order valence-electron chi connectivity index (χ1n) is 9.66. The molecule has 0 radical (unpaired) electrons. The molecule has 0 aliphatic carbocycles. The van der Waals surface area contributed by atoms with E-state index in [0.29, 0.717) is 0 Å². The molecule has 8 heteroatoms. The van der Waals surface area contributed by atoms with Crippen molar-refractivity contribution in [2.24, 2.45) is 0 Å². The fraction of sp³-hybridized carbons (Fsp3) is 0.409. The number of nitrogens with zero attached hydrogens (tertiary/aromatic N) is 1. The summed E-state index contributed by atoms with van der Waals surface area (Å²) in [4.78, 5) is 12.6. The van der Waals surface area contributed by atoms with Gasteiger partial charge in [-0.15, -0.1) is 0 Å². The summed E-state index contributed by atoms with van der Waals surface area (Å²) in [6, 6.07) is 11.7. The Labute approximate surface area is 178 Å². The number of anilines is 1. The Morgan fingerprint density at radius 2 is 1.73 bits per heavy atom. The Kier molecular flexibility index (Phi) is 7.47. The van der Waals surface area contributed by atoms with Gasteiger partial charge in [0.2, 0.25) is 15.9 Å². The average Bonchev–Trinajstić information content (AvgIpc) is 2.65. The first-order chi connectivity index (χ1) is 13.9. The maximum Gasteiger partial charge on any atom is 0.243 e. The molecule has 164 valence electrons. The fourth-order valence-corrected chi connectivity index (χ4v) is 4.27. The molecule has 0 saturated heterocycles. The molecule has 0 heterocycles. The summed E-state index contributed by atoms with van der Waals surface area (Å²) in [5.74, 6) is -0.217. The van der Waals surface area contributed by atoms with Gasteiger partial charge >= 0.3 is 0 Å². The summed E-state index contributed by atoms with van der Waals surface area (Å²) in [6.45, 7) is 8.20. The zero-order valence-electron chi connectivity index (χ0n) is 18.0. The van der Waals surface area contributed by atoms with E-state index >= 15 is 0 Å². The van der Waals surface area contributed by atoms with Gasteiger partial charge in [-0.1, -0.05) is 39.0 Å². The zero-order valence-corrected chi connectivity index (χ0v) is 18.8. The number of halogens is 1. The number of carbonyl (C=O) groups is 1. The van der Waals surface area contributed by atoms with Crippen LogP contribution in [0.15, 0.2) is 48.5 Å². The number of sulfonamides is 1. The van der Waals surface area contributed by atoms with Crippen LogP contribution in [0, 0.1) is 5.82 Å². The molecule has 0 aliphatic rings. The Hall–Kier alpha value is -2.61. The summed E-state index contributed by atoms with van der Waals surface area (Å²) in [6.07, 6.45) is 1.01. The van der Waals surface area contributed by atoms with Gasteiger partial charge < -0.3 is 10.1 Å². The van der Waals surface area contributed by atoms with Crippen LogP contribution in [-0.2, 0) is 20.2 Å². The van der Waals surface area contributed by atoms with Crippen LogP contribution < -0.4 is 14.4 Å². The third-order valence-corrected chi connectivity index (χ3v) is 5.77. The predicted octanol–water partition coefficient (Wildman–Crippen LogP) is 3.47. The van der Waals surface area contributed by atoms with Crippen molar-refractivity contribution in [3.8, 4) is 5.75 Å². The molecule has 0 spiro atoms. The second-order valence-electron chi connectivity index (χ2n) is 8.10. The predicted molar refractivity (Wildman–Crippen MR) is 117 cm³/mol. The lowest BCUT2D eigenvalue weighted by Gasteiger charge is -2.28. The van der Waals surface area contributed by atoms with Crippen molar-refractivity contribution >= 4 is 21.6 Å². The third-order valence-electron chi connectivity index (χ3n) is 4.52. The minimum Gasteiger partial charge on any atom is -0.491 e. The van der Waals surface area contributed by atoms with Crippen molar-refractivity contribution in [1.29, 1.82) is 0 Å². The van der Waals surface area contributed by atoms with Gasteiger partial charge in [0.25, 0.3) is 0 Å². The summed E-state index contributed by atoms with van der Waals surface area (Å²) < 4.78 is 44.5. The molecule has 2 rings (SSSR count). The first kappa shape index (κ1) is 23.7. The lowest BCUT2D eigenvalue weighted by atomic mass is 9.86. The number of benzene rings is 2. The molecular formula is C22H29FN2O4S. The molecule has 1 amide bonds. The van der Waals surface area contributed by atoms with E-state index in [4.69, 9.17) is 4.74 Å². The quantitative estimate of drug-likeness (QED) is 0.643. The molecular weight excluding hydrogens is 407 g/mol. The largest absolute Gasteiger partial charge is 0.491 e. The number of hydrogen-bond acceptors (Lipinski definition) is 4. The topological polar surface area (TPSA) is 75.7 Å². The molecule has 1 atom stereocenters. The summed E-state index contributed by atoms with van der Waals surface area (Å²) in [7, 11) is -3.75. The molecule has 30 heavy (non-hydrogen) atoms. The molecule has 0 bridgehead atoms. The number of hydrogen-bond donors (Lipinski definition) is 1. The van der Waals surface area contributed by atoms with Gasteiger partial charge in [-0.3, -0.25) is 9.10 Å². The van der Waals surface area contributed by atoms with Gasteiger partial charge in [0, 0.05) is 0 Å². The lowest BCUT2D eigenvalue weighted by Crippen LogP contribution is -2.48. The maximum atomic E-state index is 13.2. The van der Waals surface area contributed by atoms with Crippen molar-refractivity contribution in [1.82, 2.24) is 5.32 Å². The van der Waals surface area contributed by atoms with Gasteiger partial charge in [0.15, 0.2) is 0 Å². The van der Waals surface area contributed by atoms with E-state index in [0.717, 1.165) is 34.0 Å². The fourth-order valence-electron chi connectivity index (χ4n) is 3.09. The number of para-hydroxylation sites is 1. The average molecular weight is 437 g/mol. The molecule has 6 nitrogen and oxygen atoms in total. The molecule has 0 aliphatic heterocycles. The Morgan fingerprint density at radius 1 is 1.13 bits per heavy atom. The summed E-state index contributed by atoms with van der Waals surface area (Å²) >= 11 is 0. The molecule has 0 aromatic heterocycles. The van der Waals surface area contributed by atoms with Gasteiger partial charge in [-0.2, -0.15) is 0 Å². The van der Waals surface area contributed by atoms with Gasteiger partial charge in [-0.05, 0) is 48.2 Å². The van der Waals surface area contributed by atoms with Crippen LogP contribution in [0.2, 0.25) is 0 Å². The van der Waals surface area contributed by atoms with Crippen molar-refractivity contribution in [3.63, 3.8) is 0 Å². The third kappa shape index (κ3) is 6.19.